The predicted octanol–water partition coefficient (Wildman–Crippen LogP) is 16.2. The minimum atomic E-state index is 1.04. The third-order valence-electron chi connectivity index (χ3n) is 13.0. The zero-order chi connectivity index (χ0) is 40.0. The lowest BCUT2D eigenvalue weighted by atomic mass is 9.96. The van der Waals surface area contributed by atoms with Gasteiger partial charge in [-0.1, -0.05) is 127 Å². The molecule has 61 heavy (non-hydrogen) atoms. The summed E-state index contributed by atoms with van der Waals surface area (Å²) in [6, 6.07) is 72.1. The van der Waals surface area contributed by atoms with Crippen molar-refractivity contribution < 1.29 is 0 Å². The molecule has 3 heterocycles. The number of rotatable bonds is 5. The molecular formula is C58H38N2S. The van der Waals surface area contributed by atoms with Gasteiger partial charge in [0.1, 0.15) is 0 Å². The molecule has 0 aliphatic heterocycles. The number of nitrogens with zero attached hydrogens (tertiary/aromatic N) is 2. The number of hydrogen-bond donors (Lipinski definition) is 0. The molecule has 13 rings (SSSR count). The van der Waals surface area contributed by atoms with E-state index in [9.17, 15) is 0 Å². The van der Waals surface area contributed by atoms with Crippen LogP contribution in [0.15, 0.2) is 200 Å². The summed E-state index contributed by atoms with van der Waals surface area (Å²) < 4.78 is 7.57. The third kappa shape index (κ3) is 5.41. The first kappa shape index (κ1) is 34.4. The normalized spacial score (nSPS) is 12.7. The van der Waals surface area contributed by atoms with Crippen molar-refractivity contribution in [2.24, 2.45) is 0 Å². The number of thiophene rings is 1. The number of aromatic nitrogens is 2. The predicted molar refractivity (Wildman–Crippen MR) is 262 cm³/mol. The first-order valence-corrected chi connectivity index (χ1v) is 22.0. The Morgan fingerprint density at radius 1 is 0.393 bits per heavy atom. The Bertz CT molecular complexity index is 3750. The number of allylic oxidation sites excluding steroid dienone is 1. The summed E-state index contributed by atoms with van der Waals surface area (Å²) in [5.74, 6) is 0. The van der Waals surface area contributed by atoms with Crippen molar-refractivity contribution in [2.45, 2.75) is 12.8 Å². The topological polar surface area (TPSA) is 9.86 Å². The minimum Gasteiger partial charge on any atom is -0.313 e. The van der Waals surface area contributed by atoms with Crippen molar-refractivity contribution in [3.63, 3.8) is 0 Å². The molecule has 9 aromatic carbocycles. The van der Waals surface area contributed by atoms with E-state index in [-0.39, 0.29) is 0 Å². The Morgan fingerprint density at radius 2 is 1.00 bits per heavy atom. The maximum Gasteiger partial charge on any atom is 0.0541 e. The lowest BCUT2D eigenvalue weighted by Gasteiger charge is -2.13. The van der Waals surface area contributed by atoms with Crippen molar-refractivity contribution in [1.82, 2.24) is 9.13 Å². The molecule has 0 atom stereocenters. The molecule has 3 heteroatoms. The van der Waals surface area contributed by atoms with Crippen LogP contribution in [0.3, 0.4) is 0 Å². The molecule has 0 spiro atoms. The summed E-state index contributed by atoms with van der Waals surface area (Å²) >= 11 is 1.88. The quantitative estimate of drug-likeness (QED) is 0.164. The lowest BCUT2D eigenvalue weighted by molar-refractivity contribution is 0.888. The Balaban J connectivity index is 1.00. The fourth-order valence-electron chi connectivity index (χ4n) is 10.1. The van der Waals surface area contributed by atoms with Crippen molar-refractivity contribution in [2.75, 3.05) is 0 Å². The van der Waals surface area contributed by atoms with Crippen LogP contribution >= 0.6 is 11.3 Å². The molecule has 0 bridgehead atoms. The van der Waals surface area contributed by atoms with Crippen LogP contribution in [0.2, 0.25) is 0 Å². The van der Waals surface area contributed by atoms with Gasteiger partial charge in [-0.3, -0.25) is 0 Å². The molecule has 0 saturated carbocycles. The first-order valence-electron chi connectivity index (χ1n) is 21.2. The molecule has 12 aromatic rings. The zero-order valence-electron chi connectivity index (χ0n) is 33.3. The van der Waals surface area contributed by atoms with Crippen LogP contribution < -0.4 is 0 Å². The molecule has 0 unspecified atom stereocenters. The Labute approximate surface area is 357 Å². The van der Waals surface area contributed by atoms with Gasteiger partial charge < -0.3 is 9.13 Å². The Hall–Kier alpha value is -7.46. The summed E-state index contributed by atoms with van der Waals surface area (Å²) in [7, 11) is 0. The monoisotopic (exact) mass is 794 g/mol. The van der Waals surface area contributed by atoms with E-state index in [1.165, 1.54) is 114 Å². The van der Waals surface area contributed by atoms with Gasteiger partial charge in [0.05, 0.1) is 16.6 Å². The number of benzene rings is 9. The highest BCUT2D eigenvalue weighted by molar-refractivity contribution is 7.25. The fraction of sp³-hybridized carbons (Fsp3) is 0.0345. The second-order valence-corrected chi connectivity index (χ2v) is 17.5. The van der Waals surface area contributed by atoms with Gasteiger partial charge in [0.25, 0.3) is 0 Å². The minimum absolute atomic E-state index is 1.04. The molecule has 0 saturated heterocycles. The Morgan fingerprint density at radius 3 is 1.82 bits per heavy atom. The molecule has 286 valence electrons. The average molecular weight is 795 g/mol. The molecule has 0 amide bonds. The second kappa shape index (κ2) is 13.5. The fourth-order valence-corrected chi connectivity index (χ4v) is 11.2. The number of para-hydroxylation sites is 1. The molecule has 1 aliphatic rings. The van der Waals surface area contributed by atoms with Gasteiger partial charge in [0.15, 0.2) is 0 Å². The molecule has 0 N–H and O–H groups in total. The van der Waals surface area contributed by atoms with Crippen LogP contribution in [0.1, 0.15) is 17.7 Å². The van der Waals surface area contributed by atoms with Crippen LogP contribution in [-0.2, 0) is 6.42 Å². The van der Waals surface area contributed by atoms with E-state index < -0.39 is 0 Å². The summed E-state index contributed by atoms with van der Waals surface area (Å²) in [5, 5.41) is 8.98. The van der Waals surface area contributed by atoms with E-state index >= 15 is 0 Å². The summed E-state index contributed by atoms with van der Waals surface area (Å²) in [6.45, 7) is 0. The van der Waals surface area contributed by atoms with Crippen LogP contribution in [-0.4, -0.2) is 9.13 Å². The molecule has 3 aromatic heterocycles. The maximum absolute atomic E-state index is 2.47. The number of hydrogen-bond acceptors (Lipinski definition) is 1. The standard InChI is InChI=1S/C58H38N2S/c1-2-13-44(14-3-1)59-52-18-8-6-15-47(52)49-34-41(25-30-53(49)59)42-26-31-54-50(35-42)51-36-43(46-17-10-20-57-58(46)48-16-7-9-19-56(48)61-57)27-32-55(51)60(54)45-28-23-38(24-29-45)40-22-21-37-11-4-5-12-39(37)33-40/h1-7,9-17,19-36H,8,18H2. The number of fused-ring (bicyclic) bond motifs is 10. The SMILES string of the molecule is C1=Cc2c(n(-c3ccccc3)c3ccc(-c4ccc5c(c4)c4cc(-c6cccc7sc8ccccc8c67)ccc4n5-c4ccc(-c5ccc6ccccc6c5)cc4)cc23)CC1. The molecule has 0 fully saturated rings. The van der Waals surface area contributed by atoms with Crippen molar-refractivity contribution in [3.05, 3.63) is 211 Å². The van der Waals surface area contributed by atoms with E-state index in [0.717, 1.165) is 18.5 Å². The third-order valence-corrected chi connectivity index (χ3v) is 14.1. The van der Waals surface area contributed by atoms with E-state index in [0.29, 0.717) is 0 Å². The molecule has 1 aliphatic carbocycles. The van der Waals surface area contributed by atoms with Gasteiger partial charge in [-0.2, -0.15) is 0 Å². The highest BCUT2D eigenvalue weighted by atomic mass is 32.1. The van der Waals surface area contributed by atoms with Crippen LogP contribution in [0, 0.1) is 0 Å². The van der Waals surface area contributed by atoms with E-state index in [1.807, 2.05) is 11.3 Å². The molecular weight excluding hydrogens is 757 g/mol. The smallest absolute Gasteiger partial charge is 0.0541 e. The highest BCUT2D eigenvalue weighted by Gasteiger charge is 2.21. The highest BCUT2D eigenvalue weighted by Crippen LogP contribution is 2.43. The molecule has 0 radical (unpaired) electrons. The van der Waals surface area contributed by atoms with E-state index in [2.05, 4.69) is 215 Å². The maximum atomic E-state index is 2.47. The van der Waals surface area contributed by atoms with Crippen LogP contribution in [0.4, 0.5) is 0 Å². The van der Waals surface area contributed by atoms with Crippen molar-refractivity contribution >= 4 is 81.1 Å². The summed E-state index contributed by atoms with van der Waals surface area (Å²) in [4.78, 5) is 0. The van der Waals surface area contributed by atoms with E-state index in [1.54, 1.807) is 0 Å². The van der Waals surface area contributed by atoms with Gasteiger partial charge in [-0.15, -0.1) is 11.3 Å². The van der Waals surface area contributed by atoms with Gasteiger partial charge in [0, 0.05) is 59.0 Å². The average Bonchev–Trinajstić information content (AvgIpc) is 3.99. The second-order valence-electron chi connectivity index (χ2n) is 16.4. The summed E-state index contributed by atoms with van der Waals surface area (Å²) in [5.41, 5.74) is 16.2. The van der Waals surface area contributed by atoms with Crippen LogP contribution in [0.25, 0.3) is 114 Å². The van der Waals surface area contributed by atoms with E-state index in [4.69, 9.17) is 0 Å². The van der Waals surface area contributed by atoms with Gasteiger partial charge in [0.2, 0.25) is 0 Å². The largest absolute Gasteiger partial charge is 0.313 e. The summed E-state index contributed by atoms with van der Waals surface area (Å²) in [6.07, 6.45) is 6.77. The van der Waals surface area contributed by atoms with Crippen LogP contribution in [0.5, 0.6) is 0 Å². The van der Waals surface area contributed by atoms with Gasteiger partial charge in [-0.25, -0.2) is 0 Å². The molecule has 2 nitrogen and oxygen atoms in total. The zero-order valence-corrected chi connectivity index (χ0v) is 34.2. The van der Waals surface area contributed by atoms with Crippen molar-refractivity contribution in [1.29, 1.82) is 0 Å². The first-order chi connectivity index (χ1) is 30.2. The lowest BCUT2D eigenvalue weighted by Crippen LogP contribution is -2.02. The van der Waals surface area contributed by atoms with Crippen molar-refractivity contribution in [3.8, 4) is 44.8 Å². The van der Waals surface area contributed by atoms with Gasteiger partial charge in [-0.05, 0) is 136 Å². The van der Waals surface area contributed by atoms with Gasteiger partial charge >= 0.3 is 0 Å². The Kier molecular flexibility index (Phi) is 7.64.